The van der Waals surface area contributed by atoms with E-state index in [1.54, 1.807) is 0 Å². The summed E-state index contributed by atoms with van der Waals surface area (Å²) in [4.78, 5) is 34.7. The van der Waals surface area contributed by atoms with Crippen molar-refractivity contribution < 1.29 is 52.3 Å². The number of unbranched alkanes of at least 4 members (excludes halogenated alkanes) is 9. The van der Waals surface area contributed by atoms with E-state index in [-0.39, 0.29) is 36.0 Å². The summed E-state index contributed by atoms with van der Waals surface area (Å²) in [5.74, 6) is 0.957. The molecular weight excluding hydrogens is 777 g/mol. The summed E-state index contributed by atoms with van der Waals surface area (Å²) in [6.07, 6.45) is 33.9. The molecule has 11 nitrogen and oxygen atoms in total. The van der Waals surface area contributed by atoms with E-state index in [0.29, 0.717) is 44.9 Å². The molecule has 0 amide bonds. The number of hydrogen-bond donors (Lipinski definition) is 0. The fourth-order valence-electron chi connectivity index (χ4n) is 9.69. The van der Waals surface area contributed by atoms with Gasteiger partial charge in [0.05, 0.1) is 56.3 Å². The molecule has 0 aromatic heterocycles. The van der Waals surface area contributed by atoms with E-state index >= 15 is 0 Å². The van der Waals surface area contributed by atoms with E-state index in [0.717, 1.165) is 173 Å². The van der Waals surface area contributed by atoms with Gasteiger partial charge in [0.15, 0.2) is 0 Å². The Morgan fingerprint density at radius 1 is 0.361 bits per heavy atom. The summed E-state index contributed by atoms with van der Waals surface area (Å²) >= 11 is 0. The predicted molar refractivity (Wildman–Crippen MR) is 237 cm³/mol. The van der Waals surface area contributed by atoms with Gasteiger partial charge in [-0.2, -0.15) is 0 Å². The van der Waals surface area contributed by atoms with E-state index in [2.05, 4.69) is 13.2 Å². The molecule has 11 heteroatoms. The summed E-state index contributed by atoms with van der Waals surface area (Å²) in [6.45, 7) is 11.1. The lowest BCUT2D eigenvalue weighted by Gasteiger charge is -2.37. The topological polar surface area (TPSA) is 125 Å². The summed E-state index contributed by atoms with van der Waals surface area (Å²) in [6, 6.07) is 0. The Hall–Kier alpha value is -2.31. The van der Waals surface area contributed by atoms with Crippen LogP contribution in [0.3, 0.4) is 0 Å². The number of ether oxygens (including phenoxy) is 8. The van der Waals surface area contributed by atoms with Crippen molar-refractivity contribution in [2.24, 2.45) is 17.8 Å². The van der Waals surface area contributed by atoms with Crippen molar-refractivity contribution in [3.05, 3.63) is 25.3 Å². The van der Waals surface area contributed by atoms with E-state index in [1.807, 2.05) is 0 Å². The number of rotatable bonds is 32. The van der Waals surface area contributed by atoms with Crippen LogP contribution in [-0.2, 0) is 52.3 Å². The standard InChI is InChI=1S/C50H84O11/c1-3-48(51)57-36-14-8-5-11-34-55-44-27-21-42(22-28-44)50(53)59-38-16-10-7-13-33-54-43-23-17-40(18-24-43)41-19-25-46(26-20-41)60-39-61-47-31-29-45(30-32-47)56-35-12-6-9-15-37-58-49(52)4-2/h3-4,40-47H,1-2,5-39H2. The molecule has 0 atom stereocenters. The second-order valence-electron chi connectivity index (χ2n) is 18.2. The summed E-state index contributed by atoms with van der Waals surface area (Å²) < 4.78 is 46.5. The van der Waals surface area contributed by atoms with E-state index in [4.69, 9.17) is 37.9 Å². The van der Waals surface area contributed by atoms with Gasteiger partial charge in [-0.05, 0) is 172 Å². The molecule has 4 fully saturated rings. The minimum absolute atomic E-state index is 0.0163. The molecule has 0 unspecified atom stereocenters. The Morgan fingerprint density at radius 3 is 1.02 bits per heavy atom. The smallest absolute Gasteiger partial charge is 0.330 e. The first kappa shape index (κ1) is 51.3. The van der Waals surface area contributed by atoms with Crippen LogP contribution in [0.4, 0.5) is 0 Å². The largest absolute Gasteiger partial charge is 0.465 e. The van der Waals surface area contributed by atoms with Crippen LogP contribution in [0.15, 0.2) is 25.3 Å². The molecule has 4 aliphatic carbocycles. The number of hydrogen-bond acceptors (Lipinski definition) is 11. The van der Waals surface area contributed by atoms with Gasteiger partial charge in [-0.25, -0.2) is 9.59 Å². The van der Waals surface area contributed by atoms with Crippen molar-refractivity contribution in [1.82, 2.24) is 0 Å². The highest BCUT2D eigenvalue weighted by Gasteiger charge is 2.32. The van der Waals surface area contributed by atoms with Gasteiger partial charge < -0.3 is 37.9 Å². The zero-order valence-electron chi connectivity index (χ0n) is 37.9. The Balaban J connectivity index is 0.878. The fourth-order valence-corrected chi connectivity index (χ4v) is 9.69. The second kappa shape index (κ2) is 32.4. The lowest BCUT2D eigenvalue weighted by atomic mass is 9.72. The summed E-state index contributed by atoms with van der Waals surface area (Å²) in [5, 5.41) is 0. The fraction of sp³-hybridized carbons (Fsp3) is 0.860. The highest BCUT2D eigenvalue weighted by Crippen LogP contribution is 2.40. The van der Waals surface area contributed by atoms with Crippen molar-refractivity contribution in [3.63, 3.8) is 0 Å². The van der Waals surface area contributed by atoms with Crippen LogP contribution in [0.1, 0.15) is 180 Å². The predicted octanol–water partition coefficient (Wildman–Crippen LogP) is 10.7. The zero-order valence-corrected chi connectivity index (χ0v) is 37.9. The Labute approximate surface area is 369 Å². The van der Waals surface area contributed by atoms with Gasteiger partial charge in [-0.1, -0.05) is 32.4 Å². The van der Waals surface area contributed by atoms with Crippen LogP contribution < -0.4 is 0 Å². The average molecular weight is 861 g/mol. The van der Waals surface area contributed by atoms with Gasteiger partial charge in [-0.3, -0.25) is 4.79 Å². The maximum Gasteiger partial charge on any atom is 0.330 e. The molecule has 0 N–H and O–H groups in total. The van der Waals surface area contributed by atoms with Crippen molar-refractivity contribution in [1.29, 1.82) is 0 Å². The molecule has 0 aromatic rings. The summed E-state index contributed by atoms with van der Waals surface area (Å²) in [7, 11) is 0. The molecule has 350 valence electrons. The normalized spacial score (nSPS) is 26.9. The van der Waals surface area contributed by atoms with Crippen LogP contribution in [-0.4, -0.2) is 94.9 Å². The second-order valence-corrected chi connectivity index (χ2v) is 18.2. The molecule has 0 aliphatic heterocycles. The number of carbonyl (C=O) groups is 3. The van der Waals surface area contributed by atoms with Gasteiger partial charge in [0.2, 0.25) is 0 Å². The minimum atomic E-state index is -0.358. The number of carbonyl (C=O) groups excluding carboxylic acids is 3. The van der Waals surface area contributed by atoms with E-state index in [9.17, 15) is 14.4 Å². The highest BCUT2D eigenvalue weighted by molar-refractivity contribution is 5.81. The van der Waals surface area contributed by atoms with Crippen LogP contribution in [0.2, 0.25) is 0 Å². The molecule has 4 rings (SSSR count). The molecule has 0 aromatic carbocycles. The molecule has 4 saturated carbocycles. The monoisotopic (exact) mass is 861 g/mol. The van der Waals surface area contributed by atoms with Crippen LogP contribution >= 0.6 is 0 Å². The molecular formula is C50H84O11. The summed E-state index contributed by atoms with van der Waals surface area (Å²) in [5.41, 5.74) is 0. The Morgan fingerprint density at radius 2 is 0.656 bits per heavy atom. The van der Waals surface area contributed by atoms with Crippen LogP contribution in [0, 0.1) is 17.8 Å². The molecule has 0 spiro atoms. The van der Waals surface area contributed by atoms with Gasteiger partial charge in [0.25, 0.3) is 0 Å². The molecule has 0 saturated heterocycles. The van der Waals surface area contributed by atoms with Crippen LogP contribution in [0.5, 0.6) is 0 Å². The van der Waals surface area contributed by atoms with Gasteiger partial charge in [0.1, 0.15) is 6.79 Å². The zero-order chi connectivity index (χ0) is 43.2. The first-order chi connectivity index (χ1) is 29.9. The lowest BCUT2D eigenvalue weighted by Crippen LogP contribution is -2.31. The van der Waals surface area contributed by atoms with Gasteiger partial charge >= 0.3 is 17.9 Å². The van der Waals surface area contributed by atoms with E-state index < -0.39 is 0 Å². The highest BCUT2D eigenvalue weighted by atomic mass is 16.7. The first-order valence-corrected chi connectivity index (χ1v) is 24.8. The maximum absolute atomic E-state index is 12.6. The molecule has 0 bridgehead atoms. The molecule has 0 heterocycles. The maximum atomic E-state index is 12.6. The van der Waals surface area contributed by atoms with Crippen molar-refractivity contribution in [2.45, 2.75) is 210 Å². The third-order valence-corrected chi connectivity index (χ3v) is 13.6. The van der Waals surface area contributed by atoms with Crippen molar-refractivity contribution in [3.8, 4) is 0 Å². The van der Waals surface area contributed by atoms with Crippen molar-refractivity contribution in [2.75, 3.05) is 46.4 Å². The van der Waals surface area contributed by atoms with Crippen LogP contribution in [0.25, 0.3) is 0 Å². The number of esters is 3. The molecule has 0 radical (unpaired) electrons. The SMILES string of the molecule is C=CC(=O)OCCCCCCOC1CCC(OCOC2CCC(C3CCC(OCCCCCCOC(=O)C4CCC(OCCCCCCOC(=O)C=C)CC4)CC3)CC2)CC1. The first-order valence-electron chi connectivity index (χ1n) is 24.8. The molecule has 4 aliphatic rings. The van der Waals surface area contributed by atoms with E-state index in [1.165, 1.54) is 50.7 Å². The lowest BCUT2D eigenvalue weighted by molar-refractivity contribution is -0.151. The Kier molecular flexibility index (Phi) is 27.2. The quantitative estimate of drug-likeness (QED) is 0.0211. The minimum Gasteiger partial charge on any atom is -0.465 e. The average Bonchev–Trinajstić information content (AvgIpc) is 3.29. The third kappa shape index (κ3) is 22.7. The van der Waals surface area contributed by atoms with Crippen molar-refractivity contribution >= 4 is 17.9 Å². The van der Waals surface area contributed by atoms with Gasteiger partial charge in [-0.15, -0.1) is 0 Å². The third-order valence-electron chi connectivity index (χ3n) is 13.6. The molecule has 61 heavy (non-hydrogen) atoms. The Bertz CT molecular complexity index is 1180. The van der Waals surface area contributed by atoms with Gasteiger partial charge in [0, 0.05) is 32.0 Å².